The first-order chi connectivity index (χ1) is 8.99. The second-order valence-corrected chi connectivity index (χ2v) is 6.58. The van der Waals surface area contributed by atoms with Gasteiger partial charge in [0.2, 0.25) is 0 Å². The SMILES string of the molecule is Cc1nc(CNc2[nH]ncc2C(=O)N(C)C)sc1Br. The number of hydrogen-bond acceptors (Lipinski definition) is 5. The lowest BCUT2D eigenvalue weighted by Gasteiger charge is -2.10. The molecule has 0 radical (unpaired) electrons. The Kier molecular flexibility index (Phi) is 4.20. The van der Waals surface area contributed by atoms with Gasteiger partial charge < -0.3 is 10.2 Å². The number of H-pyrrole nitrogens is 1. The molecule has 2 heterocycles. The first-order valence-corrected chi connectivity index (χ1v) is 7.20. The van der Waals surface area contributed by atoms with Gasteiger partial charge in [-0.2, -0.15) is 5.10 Å². The van der Waals surface area contributed by atoms with Crippen molar-refractivity contribution >= 4 is 39.0 Å². The third-order valence-electron chi connectivity index (χ3n) is 2.48. The summed E-state index contributed by atoms with van der Waals surface area (Å²) in [6.07, 6.45) is 1.52. The molecule has 0 spiro atoms. The summed E-state index contributed by atoms with van der Waals surface area (Å²) in [5, 5.41) is 10.8. The summed E-state index contributed by atoms with van der Waals surface area (Å²) in [6, 6.07) is 0. The van der Waals surface area contributed by atoms with Crippen molar-refractivity contribution < 1.29 is 4.79 Å². The van der Waals surface area contributed by atoms with Crippen molar-refractivity contribution in [1.82, 2.24) is 20.1 Å². The van der Waals surface area contributed by atoms with Crippen LogP contribution < -0.4 is 5.32 Å². The van der Waals surface area contributed by atoms with Gasteiger partial charge in [-0.05, 0) is 22.9 Å². The van der Waals surface area contributed by atoms with Crippen LogP contribution in [0, 0.1) is 6.92 Å². The molecule has 0 aliphatic rings. The Hall–Kier alpha value is -1.41. The molecule has 2 N–H and O–H groups in total. The van der Waals surface area contributed by atoms with E-state index >= 15 is 0 Å². The number of nitrogens with zero attached hydrogens (tertiary/aromatic N) is 3. The van der Waals surface area contributed by atoms with Gasteiger partial charge in [0, 0.05) is 14.1 Å². The Bertz CT molecular complexity index is 572. The summed E-state index contributed by atoms with van der Waals surface area (Å²) >= 11 is 5.01. The summed E-state index contributed by atoms with van der Waals surface area (Å²) in [6.45, 7) is 2.49. The van der Waals surface area contributed by atoms with Crippen molar-refractivity contribution in [1.29, 1.82) is 0 Å². The molecule has 102 valence electrons. The third-order valence-corrected chi connectivity index (χ3v) is 4.48. The van der Waals surface area contributed by atoms with Crippen LogP contribution in [0.4, 0.5) is 5.82 Å². The number of aromatic nitrogens is 3. The maximum absolute atomic E-state index is 11.9. The van der Waals surface area contributed by atoms with Gasteiger partial charge in [0.15, 0.2) is 0 Å². The van der Waals surface area contributed by atoms with Gasteiger partial charge >= 0.3 is 0 Å². The first-order valence-electron chi connectivity index (χ1n) is 5.59. The van der Waals surface area contributed by atoms with Crippen molar-refractivity contribution in [2.75, 3.05) is 19.4 Å². The number of hydrogen-bond donors (Lipinski definition) is 2. The molecule has 0 aromatic carbocycles. The molecule has 0 aliphatic carbocycles. The van der Waals surface area contributed by atoms with Crippen LogP contribution in [0.25, 0.3) is 0 Å². The Morgan fingerprint density at radius 3 is 2.89 bits per heavy atom. The number of carbonyl (C=O) groups is 1. The molecule has 8 heteroatoms. The highest BCUT2D eigenvalue weighted by Crippen LogP contribution is 2.24. The molecule has 0 saturated carbocycles. The fourth-order valence-corrected chi connectivity index (χ4v) is 2.87. The van der Waals surface area contributed by atoms with Gasteiger partial charge in [-0.3, -0.25) is 9.89 Å². The fraction of sp³-hybridized carbons (Fsp3) is 0.364. The minimum Gasteiger partial charge on any atom is -0.363 e. The monoisotopic (exact) mass is 343 g/mol. The second-order valence-electron chi connectivity index (χ2n) is 4.18. The van der Waals surface area contributed by atoms with Crippen LogP contribution in [0.2, 0.25) is 0 Å². The summed E-state index contributed by atoms with van der Waals surface area (Å²) < 4.78 is 1.03. The molecule has 0 saturated heterocycles. The molecule has 2 aromatic rings. The Morgan fingerprint density at radius 1 is 1.58 bits per heavy atom. The lowest BCUT2D eigenvalue weighted by Crippen LogP contribution is -2.22. The average molecular weight is 344 g/mol. The zero-order chi connectivity index (χ0) is 14.0. The lowest BCUT2D eigenvalue weighted by atomic mass is 10.3. The van der Waals surface area contributed by atoms with Gasteiger partial charge in [-0.1, -0.05) is 0 Å². The highest BCUT2D eigenvalue weighted by atomic mass is 79.9. The molecule has 2 rings (SSSR count). The van der Waals surface area contributed by atoms with Crippen LogP contribution in [0.1, 0.15) is 21.1 Å². The zero-order valence-corrected chi connectivity index (χ0v) is 13.2. The van der Waals surface area contributed by atoms with Crippen molar-refractivity contribution in [3.63, 3.8) is 0 Å². The number of thiazole rings is 1. The fourth-order valence-electron chi connectivity index (χ4n) is 1.49. The van der Waals surface area contributed by atoms with Gasteiger partial charge in [-0.15, -0.1) is 11.3 Å². The van der Waals surface area contributed by atoms with Gasteiger partial charge in [0.05, 0.1) is 22.2 Å². The van der Waals surface area contributed by atoms with E-state index in [0.29, 0.717) is 17.9 Å². The van der Waals surface area contributed by atoms with Crippen LogP contribution in [-0.4, -0.2) is 40.1 Å². The molecule has 0 unspecified atom stereocenters. The number of nitrogens with one attached hydrogen (secondary N) is 2. The van der Waals surface area contributed by atoms with Gasteiger partial charge in [-0.25, -0.2) is 4.98 Å². The van der Waals surface area contributed by atoms with Crippen LogP contribution in [0.15, 0.2) is 9.98 Å². The topological polar surface area (TPSA) is 73.9 Å². The number of rotatable bonds is 4. The van der Waals surface area contributed by atoms with E-state index < -0.39 is 0 Å². The van der Waals surface area contributed by atoms with E-state index in [9.17, 15) is 4.79 Å². The van der Waals surface area contributed by atoms with Crippen molar-refractivity contribution in [3.8, 4) is 0 Å². The first kappa shape index (κ1) is 14.0. The normalized spacial score (nSPS) is 10.5. The molecule has 1 amide bonds. The minimum atomic E-state index is -0.0900. The van der Waals surface area contributed by atoms with Crippen LogP contribution in [0.5, 0.6) is 0 Å². The molecular weight excluding hydrogens is 330 g/mol. The number of anilines is 1. The van der Waals surface area contributed by atoms with E-state index in [-0.39, 0.29) is 5.91 Å². The standard InChI is InChI=1S/C11H14BrN5OS/c1-6-9(12)19-8(15-6)5-13-10-7(4-14-16-10)11(18)17(2)3/h4H,5H2,1-3H3,(H2,13,14,16). The van der Waals surface area contributed by atoms with E-state index in [1.54, 1.807) is 25.4 Å². The van der Waals surface area contributed by atoms with E-state index in [1.807, 2.05) is 6.92 Å². The van der Waals surface area contributed by atoms with E-state index in [0.717, 1.165) is 14.5 Å². The van der Waals surface area contributed by atoms with Crippen LogP contribution >= 0.6 is 27.3 Å². The number of carbonyl (C=O) groups excluding carboxylic acids is 1. The lowest BCUT2D eigenvalue weighted by molar-refractivity contribution is 0.0828. The van der Waals surface area contributed by atoms with E-state index in [2.05, 4.69) is 36.4 Å². The van der Waals surface area contributed by atoms with Crippen LogP contribution in [0.3, 0.4) is 0 Å². The average Bonchev–Trinajstić information content (AvgIpc) is 2.93. The minimum absolute atomic E-state index is 0.0900. The number of aryl methyl sites for hydroxylation is 1. The Morgan fingerprint density at radius 2 is 2.32 bits per heavy atom. The molecule has 0 bridgehead atoms. The quantitative estimate of drug-likeness (QED) is 0.892. The van der Waals surface area contributed by atoms with Crippen molar-refractivity contribution in [2.45, 2.75) is 13.5 Å². The van der Waals surface area contributed by atoms with Crippen molar-refractivity contribution in [3.05, 3.63) is 26.2 Å². The smallest absolute Gasteiger partial charge is 0.258 e. The predicted molar refractivity (Wildman–Crippen MR) is 78.5 cm³/mol. The van der Waals surface area contributed by atoms with Crippen molar-refractivity contribution in [2.24, 2.45) is 0 Å². The second kappa shape index (κ2) is 5.70. The Labute approximate surface area is 123 Å². The summed E-state index contributed by atoms with van der Waals surface area (Å²) in [5.74, 6) is 0.524. The Balaban J connectivity index is 2.08. The van der Waals surface area contributed by atoms with E-state index in [4.69, 9.17) is 0 Å². The molecule has 0 fully saturated rings. The van der Waals surface area contributed by atoms with Gasteiger partial charge in [0.1, 0.15) is 16.4 Å². The third kappa shape index (κ3) is 3.13. The largest absolute Gasteiger partial charge is 0.363 e. The molecule has 0 aliphatic heterocycles. The molecular formula is C11H14BrN5OS. The highest BCUT2D eigenvalue weighted by molar-refractivity contribution is 9.11. The summed E-state index contributed by atoms with van der Waals surface area (Å²) in [7, 11) is 3.42. The zero-order valence-electron chi connectivity index (χ0n) is 10.8. The molecule has 19 heavy (non-hydrogen) atoms. The maximum atomic E-state index is 11.9. The summed E-state index contributed by atoms with van der Waals surface area (Å²) in [5.41, 5.74) is 1.49. The number of aromatic amines is 1. The molecule has 2 aromatic heterocycles. The maximum Gasteiger partial charge on any atom is 0.258 e. The number of halogens is 1. The van der Waals surface area contributed by atoms with Crippen LogP contribution in [-0.2, 0) is 6.54 Å². The summed E-state index contributed by atoms with van der Waals surface area (Å²) in [4.78, 5) is 17.8. The molecule has 0 atom stereocenters. The highest BCUT2D eigenvalue weighted by Gasteiger charge is 2.15. The molecule has 6 nitrogen and oxygen atoms in total. The number of amides is 1. The predicted octanol–water partition coefficient (Wildman–Crippen LogP) is 2.25. The van der Waals surface area contributed by atoms with E-state index in [1.165, 1.54) is 11.1 Å². The van der Waals surface area contributed by atoms with Gasteiger partial charge in [0.25, 0.3) is 5.91 Å².